The molecule has 4 rings (SSSR count). The molecule has 0 saturated carbocycles. The largest absolute Gasteiger partial charge is 0.486 e. The van der Waals surface area contributed by atoms with Crippen LogP contribution in [0, 0.1) is 5.92 Å². The number of rotatable bonds is 6. The molecule has 0 fully saturated rings. The maximum absolute atomic E-state index is 5.74. The predicted octanol–water partition coefficient (Wildman–Crippen LogP) is 4.13. The third-order valence-electron chi connectivity index (χ3n) is 4.77. The van der Waals surface area contributed by atoms with Crippen LogP contribution in [-0.4, -0.2) is 23.0 Å². The summed E-state index contributed by atoms with van der Waals surface area (Å²) in [7, 11) is 0. The van der Waals surface area contributed by atoms with Gasteiger partial charge in [0.05, 0.1) is 11.9 Å². The Kier molecular flexibility index (Phi) is 5.12. The van der Waals surface area contributed by atoms with E-state index in [4.69, 9.17) is 9.47 Å². The number of hydrogen-bond acceptors (Lipinski definition) is 4. The summed E-state index contributed by atoms with van der Waals surface area (Å²) < 4.78 is 13.3. The average Bonchev–Trinajstić information content (AvgIpc) is 3.17. The highest BCUT2D eigenvalue weighted by molar-refractivity contribution is 5.44. The number of ether oxygens (including phenoxy) is 2. The summed E-state index contributed by atoms with van der Waals surface area (Å²) >= 11 is 0. The molecule has 5 nitrogen and oxygen atoms in total. The highest BCUT2D eigenvalue weighted by atomic mass is 16.6. The van der Waals surface area contributed by atoms with Crippen LogP contribution in [0.3, 0.4) is 0 Å². The van der Waals surface area contributed by atoms with E-state index < -0.39 is 0 Å². The maximum atomic E-state index is 5.74. The minimum Gasteiger partial charge on any atom is -0.486 e. The SMILES string of the molecule is CC(C)C(NCc1cnn(-c2ccccc2)c1)c1ccc2c(c1)OCCO2. The first-order valence-corrected chi connectivity index (χ1v) is 9.42. The fourth-order valence-electron chi connectivity index (χ4n) is 3.39. The van der Waals surface area contributed by atoms with E-state index in [2.05, 4.69) is 54.7 Å². The number of nitrogens with one attached hydrogen (secondary N) is 1. The molecule has 2 aromatic carbocycles. The Hall–Kier alpha value is -2.79. The fourth-order valence-corrected chi connectivity index (χ4v) is 3.39. The molecule has 1 aliphatic heterocycles. The van der Waals surface area contributed by atoms with Crippen molar-refractivity contribution in [2.45, 2.75) is 26.4 Å². The molecule has 0 amide bonds. The summed E-state index contributed by atoms with van der Waals surface area (Å²) in [6, 6.07) is 16.6. The molecular weight excluding hydrogens is 338 g/mol. The summed E-state index contributed by atoms with van der Waals surface area (Å²) in [6.07, 6.45) is 3.99. The van der Waals surface area contributed by atoms with Gasteiger partial charge in [-0.3, -0.25) is 0 Å². The molecule has 0 aliphatic carbocycles. The van der Waals surface area contributed by atoms with Crippen LogP contribution in [0.15, 0.2) is 60.9 Å². The summed E-state index contributed by atoms with van der Waals surface area (Å²) in [5.74, 6) is 2.11. The Labute approximate surface area is 159 Å². The second kappa shape index (κ2) is 7.84. The van der Waals surface area contributed by atoms with E-state index in [0.717, 1.165) is 29.3 Å². The van der Waals surface area contributed by atoms with E-state index in [1.165, 1.54) is 5.56 Å². The van der Waals surface area contributed by atoms with Crippen LogP contribution >= 0.6 is 0 Å². The molecule has 3 aromatic rings. The Morgan fingerprint density at radius 3 is 2.59 bits per heavy atom. The van der Waals surface area contributed by atoms with Gasteiger partial charge in [-0.25, -0.2) is 4.68 Å². The van der Waals surface area contributed by atoms with Gasteiger partial charge in [0.15, 0.2) is 11.5 Å². The zero-order valence-corrected chi connectivity index (χ0v) is 15.8. The second-order valence-corrected chi connectivity index (χ2v) is 7.13. The number of para-hydroxylation sites is 1. The predicted molar refractivity (Wildman–Crippen MR) is 105 cm³/mol. The van der Waals surface area contributed by atoms with Gasteiger partial charge in [-0.15, -0.1) is 0 Å². The molecule has 1 aliphatic rings. The lowest BCUT2D eigenvalue weighted by atomic mass is 9.95. The van der Waals surface area contributed by atoms with E-state index in [0.29, 0.717) is 19.1 Å². The Morgan fingerprint density at radius 2 is 1.81 bits per heavy atom. The van der Waals surface area contributed by atoms with E-state index in [1.807, 2.05) is 35.1 Å². The Morgan fingerprint density at radius 1 is 1.04 bits per heavy atom. The van der Waals surface area contributed by atoms with Crippen LogP contribution in [0.5, 0.6) is 11.5 Å². The summed E-state index contributed by atoms with van der Waals surface area (Å²) in [4.78, 5) is 0. The number of benzene rings is 2. The Bertz CT molecular complexity index is 890. The molecule has 2 heterocycles. The van der Waals surface area contributed by atoms with Crippen LogP contribution in [0.4, 0.5) is 0 Å². The van der Waals surface area contributed by atoms with Crippen LogP contribution in [-0.2, 0) is 6.54 Å². The van der Waals surface area contributed by atoms with Crippen LogP contribution < -0.4 is 14.8 Å². The van der Waals surface area contributed by atoms with Gasteiger partial charge in [0, 0.05) is 24.3 Å². The number of fused-ring (bicyclic) bond motifs is 1. The van der Waals surface area contributed by atoms with Crippen molar-refractivity contribution in [1.82, 2.24) is 15.1 Å². The lowest BCUT2D eigenvalue weighted by Gasteiger charge is -2.25. The third-order valence-corrected chi connectivity index (χ3v) is 4.77. The molecule has 1 N–H and O–H groups in total. The minimum absolute atomic E-state index is 0.223. The van der Waals surface area contributed by atoms with Crippen LogP contribution in [0.1, 0.15) is 31.0 Å². The van der Waals surface area contributed by atoms with Gasteiger partial charge in [0.2, 0.25) is 0 Å². The van der Waals surface area contributed by atoms with Gasteiger partial charge >= 0.3 is 0 Å². The van der Waals surface area contributed by atoms with E-state index in [-0.39, 0.29) is 6.04 Å². The third kappa shape index (κ3) is 3.98. The van der Waals surface area contributed by atoms with Gasteiger partial charge in [-0.1, -0.05) is 38.1 Å². The standard InChI is InChI=1S/C22H25N3O2/c1-16(2)22(18-8-9-20-21(12-18)27-11-10-26-20)23-13-17-14-24-25(15-17)19-6-4-3-5-7-19/h3-9,12,14-16,22-23H,10-11,13H2,1-2H3. The normalized spacial score (nSPS) is 14.3. The quantitative estimate of drug-likeness (QED) is 0.715. The molecule has 0 spiro atoms. The minimum atomic E-state index is 0.223. The molecule has 1 unspecified atom stereocenters. The monoisotopic (exact) mass is 363 g/mol. The lowest BCUT2D eigenvalue weighted by Crippen LogP contribution is -2.25. The van der Waals surface area contributed by atoms with Crippen molar-refractivity contribution in [2.75, 3.05) is 13.2 Å². The van der Waals surface area contributed by atoms with E-state index >= 15 is 0 Å². The first kappa shape index (κ1) is 17.6. The van der Waals surface area contributed by atoms with Gasteiger partial charge in [-0.05, 0) is 35.7 Å². The molecule has 0 bridgehead atoms. The zero-order valence-electron chi connectivity index (χ0n) is 15.8. The zero-order chi connectivity index (χ0) is 18.6. The highest BCUT2D eigenvalue weighted by Crippen LogP contribution is 2.34. The number of hydrogen-bond donors (Lipinski definition) is 1. The van der Waals surface area contributed by atoms with E-state index in [9.17, 15) is 0 Å². The average molecular weight is 363 g/mol. The molecule has 1 aromatic heterocycles. The molecule has 0 saturated heterocycles. The van der Waals surface area contributed by atoms with Crippen molar-refractivity contribution in [3.05, 3.63) is 72.1 Å². The smallest absolute Gasteiger partial charge is 0.161 e. The molecule has 140 valence electrons. The van der Waals surface area contributed by atoms with Crippen molar-refractivity contribution in [3.63, 3.8) is 0 Å². The van der Waals surface area contributed by atoms with Crippen molar-refractivity contribution < 1.29 is 9.47 Å². The second-order valence-electron chi connectivity index (χ2n) is 7.13. The molecular formula is C22H25N3O2. The molecule has 1 atom stereocenters. The van der Waals surface area contributed by atoms with Crippen LogP contribution in [0.2, 0.25) is 0 Å². The van der Waals surface area contributed by atoms with Gasteiger partial charge < -0.3 is 14.8 Å². The van der Waals surface area contributed by atoms with Gasteiger partial charge in [0.1, 0.15) is 13.2 Å². The van der Waals surface area contributed by atoms with Crippen LogP contribution in [0.25, 0.3) is 5.69 Å². The molecule has 5 heteroatoms. The molecule has 27 heavy (non-hydrogen) atoms. The maximum Gasteiger partial charge on any atom is 0.161 e. The first-order valence-electron chi connectivity index (χ1n) is 9.42. The van der Waals surface area contributed by atoms with Crippen molar-refractivity contribution in [2.24, 2.45) is 5.92 Å². The van der Waals surface area contributed by atoms with E-state index in [1.54, 1.807) is 0 Å². The number of aromatic nitrogens is 2. The van der Waals surface area contributed by atoms with Gasteiger partial charge in [-0.2, -0.15) is 5.10 Å². The number of nitrogens with zero attached hydrogens (tertiary/aromatic N) is 2. The van der Waals surface area contributed by atoms with Crippen molar-refractivity contribution >= 4 is 0 Å². The van der Waals surface area contributed by atoms with Gasteiger partial charge in [0.25, 0.3) is 0 Å². The summed E-state index contributed by atoms with van der Waals surface area (Å²) in [5, 5.41) is 8.15. The van der Waals surface area contributed by atoms with Crippen molar-refractivity contribution in [1.29, 1.82) is 0 Å². The van der Waals surface area contributed by atoms with Crippen molar-refractivity contribution in [3.8, 4) is 17.2 Å². The first-order chi connectivity index (χ1) is 13.2. The highest BCUT2D eigenvalue weighted by Gasteiger charge is 2.19. The Balaban J connectivity index is 1.47. The summed E-state index contributed by atoms with van der Waals surface area (Å²) in [6.45, 7) is 6.42. The fraction of sp³-hybridized carbons (Fsp3) is 0.318. The topological polar surface area (TPSA) is 48.3 Å². The summed E-state index contributed by atoms with van der Waals surface area (Å²) in [5.41, 5.74) is 3.43. The lowest BCUT2D eigenvalue weighted by molar-refractivity contribution is 0.171. The molecule has 0 radical (unpaired) electrons.